The van der Waals surface area contributed by atoms with Crippen molar-refractivity contribution in [2.45, 2.75) is 65.2 Å². The number of hydrogen-bond acceptors (Lipinski definition) is 6. The first kappa shape index (κ1) is 24.0. The summed E-state index contributed by atoms with van der Waals surface area (Å²) in [5.74, 6) is -0.926. The molecule has 170 valence electrons. The van der Waals surface area contributed by atoms with Gasteiger partial charge in [-0.2, -0.15) is 0 Å². The van der Waals surface area contributed by atoms with Gasteiger partial charge in [0.15, 0.2) is 0 Å². The number of carbonyl (C=O) groups is 3. The molecule has 9 heteroatoms. The van der Waals surface area contributed by atoms with Gasteiger partial charge in [0.2, 0.25) is 0 Å². The fourth-order valence-corrected chi connectivity index (χ4v) is 2.92. The van der Waals surface area contributed by atoms with Crippen LogP contribution in [0.1, 0.15) is 47.1 Å². The molecule has 0 unspecified atom stereocenters. The molecule has 0 saturated carbocycles. The minimum atomic E-state index is -1.20. The van der Waals surface area contributed by atoms with Crippen LogP contribution in [0.25, 0.3) is 10.9 Å². The third-order valence-electron chi connectivity index (χ3n) is 4.05. The van der Waals surface area contributed by atoms with Crippen LogP contribution in [0.3, 0.4) is 0 Å². The molecule has 1 atom stereocenters. The van der Waals surface area contributed by atoms with Crippen LogP contribution in [0.4, 0.5) is 9.59 Å². The average Bonchev–Trinajstić information content (AvgIpc) is 2.86. The summed E-state index contributed by atoms with van der Waals surface area (Å²) in [6.07, 6.45) is 0.143. The molecule has 1 aromatic heterocycles. The molecule has 0 aliphatic carbocycles. The number of aromatic nitrogens is 1. The Morgan fingerprint density at radius 2 is 1.68 bits per heavy atom. The van der Waals surface area contributed by atoms with Crippen LogP contribution in [-0.4, -0.2) is 45.1 Å². The first-order chi connectivity index (χ1) is 14.1. The quantitative estimate of drug-likeness (QED) is 0.539. The molecular weight excluding hydrogens is 404 g/mol. The second-order valence-electron chi connectivity index (χ2n) is 9.25. The van der Waals surface area contributed by atoms with Crippen LogP contribution < -0.4 is 10.1 Å². The number of ether oxygens (including phenoxy) is 3. The summed E-state index contributed by atoms with van der Waals surface area (Å²) in [4.78, 5) is 35.7. The Balaban J connectivity index is 2.26. The molecule has 1 amide bonds. The summed E-state index contributed by atoms with van der Waals surface area (Å²) in [5.41, 5.74) is 0.0327. The Hall–Kier alpha value is -3.23. The summed E-state index contributed by atoms with van der Waals surface area (Å²) in [6, 6.07) is 3.83. The zero-order valence-corrected chi connectivity index (χ0v) is 18.9. The number of benzene rings is 1. The Labute approximate surface area is 181 Å². The third kappa shape index (κ3) is 7.20. The maximum absolute atomic E-state index is 12.0. The van der Waals surface area contributed by atoms with Gasteiger partial charge in [0.05, 0.1) is 0 Å². The SMILES string of the molecule is Cn1cc(C[C@H](NC(=O)OC(C)(C)C)C(=O)O)c2cc(OC(=O)OC(C)(C)C)ccc21. The number of carboxylic acid groups (broad SMARTS) is 1. The molecule has 1 heterocycles. The van der Waals surface area contributed by atoms with Gasteiger partial charge in [0.25, 0.3) is 0 Å². The largest absolute Gasteiger partial charge is 0.514 e. The highest BCUT2D eigenvalue weighted by Crippen LogP contribution is 2.27. The second-order valence-corrected chi connectivity index (χ2v) is 9.25. The van der Waals surface area contributed by atoms with Gasteiger partial charge in [0, 0.05) is 30.6 Å². The Morgan fingerprint density at radius 3 is 2.23 bits per heavy atom. The van der Waals surface area contributed by atoms with E-state index in [1.54, 1.807) is 65.9 Å². The summed E-state index contributed by atoms with van der Waals surface area (Å²) < 4.78 is 17.4. The zero-order valence-electron chi connectivity index (χ0n) is 18.9. The van der Waals surface area contributed by atoms with Gasteiger partial charge < -0.3 is 29.2 Å². The van der Waals surface area contributed by atoms with Crippen molar-refractivity contribution in [3.8, 4) is 5.75 Å². The van der Waals surface area contributed by atoms with Crippen molar-refractivity contribution in [2.24, 2.45) is 7.05 Å². The van der Waals surface area contributed by atoms with Gasteiger partial charge in [-0.15, -0.1) is 0 Å². The third-order valence-corrected chi connectivity index (χ3v) is 4.05. The van der Waals surface area contributed by atoms with Crippen molar-refractivity contribution in [1.82, 2.24) is 9.88 Å². The number of hydrogen-bond donors (Lipinski definition) is 2. The molecule has 0 radical (unpaired) electrons. The van der Waals surface area contributed by atoms with Crippen molar-refractivity contribution in [3.63, 3.8) is 0 Å². The maximum Gasteiger partial charge on any atom is 0.514 e. The fraction of sp³-hybridized carbons (Fsp3) is 0.500. The van der Waals surface area contributed by atoms with Crippen LogP contribution in [0.2, 0.25) is 0 Å². The smallest absolute Gasteiger partial charge is 0.480 e. The van der Waals surface area contributed by atoms with E-state index in [4.69, 9.17) is 14.2 Å². The van der Waals surface area contributed by atoms with Crippen molar-refractivity contribution >= 4 is 29.1 Å². The Morgan fingerprint density at radius 1 is 1.06 bits per heavy atom. The molecule has 9 nitrogen and oxygen atoms in total. The van der Waals surface area contributed by atoms with Crippen molar-refractivity contribution in [2.75, 3.05) is 0 Å². The molecule has 2 N–H and O–H groups in total. The highest BCUT2D eigenvalue weighted by atomic mass is 16.7. The number of fused-ring (bicyclic) bond motifs is 1. The molecule has 0 fully saturated rings. The van der Waals surface area contributed by atoms with Gasteiger partial charge in [-0.1, -0.05) is 0 Å². The Kier molecular flexibility index (Phi) is 6.88. The first-order valence-electron chi connectivity index (χ1n) is 9.86. The van der Waals surface area contributed by atoms with Gasteiger partial charge >= 0.3 is 18.2 Å². The standard InChI is InChI=1S/C22H30N2O7/c1-21(2,3)30-19(27)23-16(18(25)26)10-13-12-24(7)17-9-8-14(11-15(13)17)29-20(28)31-22(4,5)6/h8-9,11-12,16H,10H2,1-7H3,(H,23,27)(H,25,26)/t16-/m0/s1. The number of nitrogens with zero attached hydrogens (tertiary/aromatic N) is 1. The highest BCUT2D eigenvalue weighted by Gasteiger charge is 2.26. The van der Waals surface area contributed by atoms with E-state index in [0.717, 1.165) is 5.52 Å². The lowest BCUT2D eigenvalue weighted by molar-refractivity contribution is -0.139. The molecule has 0 saturated heterocycles. The van der Waals surface area contributed by atoms with Crippen LogP contribution in [0, 0.1) is 0 Å². The normalized spacial score (nSPS) is 12.9. The van der Waals surface area contributed by atoms with E-state index in [2.05, 4.69) is 5.32 Å². The zero-order chi connectivity index (χ0) is 23.6. The number of aryl methyl sites for hydroxylation is 1. The molecule has 2 rings (SSSR count). The molecule has 0 bridgehead atoms. The molecular formula is C22H30N2O7. The van der Waals surface area contributed by atoms with Gasteiger partial charge in [0.1, 0.15) is 23.0 Å². The van der Waals surface area contributed by atoms with E-state index in [0.29, 0.717) is 10.9 Å². The van der Waals surface area contributed by atoms with Gasteiger partial charge in [-0.05, 0) is 65.3 Å². The topological polar surface area (TPSA) is 116 Å². The van der Waals surface area contributed by atoms with Gasteiger partial charge in [-0.25, -0.2) is 14.4 Å². The van der Waals surface area contributed by atoms with Crippen LogP contribution in [0.5, 0.6) is 5.75 Å². The number of amides is 1. The van der Waals surface area contributed by atoms with E-state index < -0.39 is 35.5 Å². The van der Waals surface area contributed by atoms with E-state index in [1.807, 2.05) is 11.6 Å². The minimum absolute atomic E-state index is 0.0157. The molecule has 31 heavy (non-hydrogen) atoms. The van der Waals surface area contributed by atoms with Crippen molar-refractivity contribution in [3.05, 3.63) is 30.0 Å². The minimum Gasteiger partial charge on any atom is -0.480 e. The van der Waals surface area contributed by atoms with Crippen LogP contribution >= 0.6 is 0 Å². The lowest BCUT2D eigenvalue weighted by Crippen LogP contribution is -2.44. The number of aliphatic carboxylic acids is 1. The lowest BCUT2D eigenvalue weighted by atomic mass is 10.0. The monoisotopic (exact) mass is 434 g/mol. The van der Waals surface area contributed by atoms with Crippen LogP contribution in [-0.2, 0) is 27.7 Å². The lowest BCUT2D eigenvalue weighted by Gasteiger charge is -2.22. The number of alkyl carbamates (subject to hydrolysis) is 1. The summed E-state index contributed by atoms with van der Waals surface area (Å²) >= 11 is 0. The predicted octanol–water partition coefficient (Wildman–Crippen LogP) is 4.01. The Bertz CT molecular complexity index is 980. The maximum atomic E-state index is 12.0. The number of nitrogens with one attached hydrogen (secondary N) is 1. The summed E-state index contributed by atoms with van der Waals surface area (Å²) in [5, 5.41) is 12.7. The molecule has 1 aromatic carbocycles. The van der Waals surface area contributed by atoms with Crippen molar-refractivity contribution in [1.29, 1.82) is 0 Å². The van der Waals surface area contributed by atoms with E-state index in [1.165, 1.54) is 0 Å². The number of carbonyl (C=O) groups excluding carboxylic acids is 2. The van der Waals surface area contributed by atoms with Gasteiger partial charge in [-0.3, -0.25) is 0 Å². The van der Waals surface area contributed by atoms with Crippen molar-refractivity contribution < 1.29 is 33.7 Å². The molecule has 0 spiro atoms. The predicted molar refractivity (Wildman–Crippen MR) is 114 cm³/mol. The van der Waals surface area contributed by atoms with E-state index in [-0.39, 0.29) is 12.2 Å². The first-order valence-corrected chi connectivity index (χ1v) is 9.86. The molecule has 0 aliphatic heterocycles. The molecule has 2 aromatic rings. The summed E-state index contributed by atoms with van der Waals surface area (Å²) in [6.45, 7) is 10.3. The fourth-order valence-electron chi connectivity index (χ4n) is 2.92. The second kappa shape index (κ2) is 8.87. The number of carboxylic acids is 1. The average molecular weight is 434 g/mol. The number of rotatable bonds is 5. The molecule has 0 aliphatic rings. The van der Waals surface area contributed by atoms with Crippen LogP contribution in [0.15, 0.2) is 24.4 Å². The van der Waals surface area contributed by atoms with E-state index in [9.17, 15) is 19.5 Å². The van der Waals surface area contributed by atoms with E-state index >= 15 is 0 Å². The highest BCUT2D eigenvalue weighted by molar-refractivity contribution is 5.87. The summed E-state index contributed by atoms with van der Waals surface area (Å²) in [7, 11) is 1.82.